The molecule has 0 bridgehead atoms. The zero-order valence-electron chi connectivity index (χ0n) is 11.8. The van der Waals surface area contributed by atoms with Crippen LogP contribution < -0.4 is 5.32 Å². The Kier molecular flexibility index (Phi) is 4.77. The molecule has 0 saturated carbocycles. The van der Waals surface area contributed by atoms with Gasteiger partial charge in [-0.15, -0.1) is 0 Å². The highest BCUT2D eigenvalue weighted by Gasteiger charge is 1.99. The van der Waals surface area contributed by atoms with Crippen molar-refractivity contribution in [1.29, 1.82) is 0 Å². The van der Waals surface area contributed by atoms with Crippen LogP contribution in [0.15, 0.2) is 53.2 Å². The van der Waals surface area contributed by atoms with Crippen LogP contribution in [0.2, 0.25) is 0 Å². The summed E-state index contributed by atoms with van der Waals surface area (Å²) < 4.78 is 5.14. The van der Waals surface area contributed by atoms with E-state index in [2.05, 4.69) is 31.3 Å². The Bertz CT molecular complexity index is 566. The van der Waals surface area contributed by atoms with Crippen molar-refractivity contribution in [3.63, 3.8) is 0 Å². The highest BCUT2D eigenvalue weighted by Crippen LogP contribution is 2.15. The van der Waals surface area contributed by atoms with E-state index in [1.807, 2.05) is 24.3 Å². The number of hydrogen-bond donors (Lipinski definition) is 1. The van der Waals surface area contributed by atoms with Gasteiger partial charge in [-0.1, -0.05) is 38.1 Å². The lowest BCUT2D eigenvalue weighted by Crippen LogP contribution is -2.19. The molecule has 0 saturated heterocycles. The zero-order chi connectivity index (χ0) is 14.4. The van der Waals surface area contributed by atoms with E-state index in [0.717, 1.165) is 11.3 Å². The molecule has 0 fully saturated rings. The van der Waals surface area contributed by atoms with E-state index >= 15 is 0 Å². The second-order valence-corrected chi connectivity index (χ2v) is 4.95. The monoisotopic (exact) mass is 269 g/mol. The van der Waals surface area contributed by atoms with Crippen molar-refractivity contribution in [2.45, 2.75) is 26.3 Å². The van der Waals surface area contributed by atoms with E-state index in [1.54, 1.807) is 12.3 Å². The average Bonchev–Trinajstić information content (AvgIpc) is 2.96. The van der Waals surface area contributed by atoms with Gasteiger partial charge in [0.15, 0.2) is 0 Å². The first-order valence-electron chi connectivity index (χ1n) is 6.73. The van der Waals surface area contributed by atoms with Gasteiger partial charge in [-0.2, -0.15) is 0 Å². The van der Waals surface area contributed by atoms with Gasteiger partial charge in [0.2, 0.25) is 5.91 Å². The molecular formula is C17H19NO2. The first-order valence-corrected chi connectivity index (χ1v) is 6.73. The summed E-state index contributed by atoms with van der Waals surface area (Å²) in [4.78, 5) is 11.6. The van der Waals surface area contributed by atoms with Crippen molar-refractivity contribution < 1.29 is 9.21 Å². The second-order valence-electron chi connectivity index (χ2n) is 4.95. The van der Waals surface area contributed by atoms with Gasteiger partial charge in [-0.05, 0) is 35.3 Å². The third-order valence-electron chi connectivity index (χ3n) is 3.05. The first-order chi connectivity index (χ1) is 9.65. The maximum absolute atomic E-state index is 11.6. The first kappa shape index (κ1) is 14.1. The Morgan fingerprint density at radius 1 is 1.25 bits per heavy atom. The predicted octanol–water partition coefficient (Wildman–Crippen LogP) is 3.73. The molecule has 2 aromatic rings. The Morgan fingerprint density at radius 2 is 2.00 bits per heavy atom. The number of carbonyl (C=O) groups is 1. The summed E-state index contributed by atoms with van der Waals surface area (Å²) in [5.74, 6) is 1.13. The molecule has 2 rings (SSSR count). The van der Waals surface area contributed by atoms with Gasteiger partial charge in [-0.3, -0.25) is 4.79 Å². The molecule has 0 aliphatic heterocycles. The van der Waals surface area contributed by atoms with Crippen molar-refractivity contribution in [2.75, 3.05) is 0 Å². The number of carbonyl (C=O) groups excluding carboxylic acids is 1. The minimum Gasteiger partial charge on any atom is -0.467 e. The lowest BCUT2D eigenvalue weighted by molar-refractivity contribution is -0.116. The minimum absolute atomic E-state index is 0.130. The molecule has 0 unspecified atom stereocenters. The Balaban J connectivity index is 1.86. The Morgan fingerprint density at radius 3 is 2.60 bits per heavy atom. The molecule has 20 heavy (non-hydrogen) atoms. The van der Waals surface area contributed by atoms with Crippen molar-refractivity contribution in [3.8, 4) is 0 Å². The molecular weight excluding hydrogens is 250 g/mol. The quantitative estimate of drug-likeness (QED) is 0.840. The molecule has 1 aromatic carbocycles. The summed E-state index contributed by atoms with van der Waals surface area (Å²) in [7, 11) is 0. The molecule has 1 heterocycles. The van der Waals surface area contributed by atoms with Crippen LogP contribution in [0, 0.1) is 0 Å². The van der Waals surface area contributed by atoms with Crippen LogP contribution in [0.4, 0.5) is 0 Å². The number of rotatable bonds is 5. The third-order valence-corrected chi connectivity index (χ3v) is 3.05. The highest BCUT2D eigenvalue weighted by atomic mass is 16.3. The number of furan rings is 1. The lowest BCUT2D eigenvalue weighted by Gasteiger charge is -2.04. The average molecular weight is 269 g/mol. The molecule has 0 atom stereocenters. The summed E-state index contributed by atoms with van der Waals surface area (Å²) in [5, 5.41) is 2.77. The molecule has 0 aliphatic carbocycles. The van der Waals surface area contributed by atoms with Crippen LogP contribution in [-0.4, -0.2) is 5.91 Å². The highest BCUT2D eigenvalue weighted by molar-refractivity contribution is 5.91. The largest absolute Gasteiger partial charge is 0.467 e. The standard InChI is InChI=1S/C17H19NO2/c1-13(2)15-8-5-14(6-9-15)7-10-17(19)18-12-16-4-3-11-20-16/h3-11,13H,12H2,1-2H3,(H,18,19)/b10-7+. The second kappa shape index (κ2) is 6.75. The van der Waals surface area contributed by atoms with Gasteiger partial charge >= 0.3 is 0 Å². The maximum Gasteiger partial charge on any atom is 0.244 e. The molecule has 0 radical (unpaired) electrons. The van der Waals surface area contributed by atoms with Gasteiger partial charge in [0.1, 0.15) is 5.76 Å². The fourth-order valence-corrected chi connectivity index (χ4v) is 1.81. The molecule has 1 amide bonds. The lowest BCUT2D eigenvalue weighted by atomic mass is 10.0. The summed E-state index contributed by atoms with van der Waals surface area (Å²) in [6.07, 6.45) is 4.93. The summed E-state index contributed by atoms with van der Waals surface area (Å²) >= 11 is 0. The van der Waals surface area contributed by atoms with Crippen LogP contribution in [0.25, 0.3) is 6.08 Å². The molecule has 104 valence electrons. The summed E-state index contributed by atoms with van der Waals surface area (Å²) in [6, 6.07) is 11.8. The van der Waals surface area contributed by atoms with Crippen LogP contribution in [0.5, 0.6) is 0 Å². The van der Waals surface area contributed by atoms with Crippen molar-refractivity contribution in [3.05, 3.63) is 65.6 Å². The summed E-state index contributed by atoms with van der Waals surface area (Å²) in [5.41, 5.74) is 2.31. The minimum atomic E-state index is -0.130. The maximum atomic E-state index is 11.6. The van der Waals surface area contributed by atoms with Gasteiger partial charge in [0, 0.05) is 6.08 Å². The fourth-order valence-electron chi connectivity index (χ4n) is 1.81. The van der Waals surface area contributed by atoms with E-state index in [0.29, 0.717) is 12.5 Å². The zero-order valence-corrected chi connectivity index (χ0v) is 11.8. The summed E-state index contributed by atoms with van der Waals surface area (Å²) in [6.45, 7) is 4.72. The fraction of sp³-hybridized carbons (Fsp3) is 0.235. The topological polar surface area (TPSA) is 42.2 Å². The molecule has 1 aromatic heterocycles. The van der Waals surface area contributed by atoms with Gasteiger partial charge in [-0.25, -0.2) is 0 Å². The van der Waals surface area contributed by atoms with E-state index in [9.17, 15) is 4.79 Å². The van der Waals surface area contributed by atoms with Crippen molar-refractivity contribution in [1.82, 2.24) is 5.32 Å². The van der Waals surface area contributed by atoms with E-state index in [-0.39, 0.29) is 5.91 Å². The van der Waals surface area contributed by atoms with Gasteiger partial charge in [0.05, 0.1) is 12.8 Å². The van der Waals surface area contributed by atoms with Gasteiger partial charge < -0.3 is 9.73 Å². The molecule has 0 aliphatic rings. The number of benzene rings is 1. The van der Waals surface area contributed by atoms with Gasteiger partial charge in [0.25, 0.3) is 0 Å². The van der Waals surface area contributed by atoms with Crippen LogP contribution >= 0.6 is 0 Å². The smallest absolute Gasteiger partial charge is 0.244 e. The third kappa shape index (κ3) is 4.12. The van der Waals surface area contributed by atoms with Crippen LogP contribution in [0.1, 0.15) is 36.7 Å². The van der Waals surface area contributed by atoms with E-state index < -0.39 is 0 Å². The van der Waals surface area contributed by atoms with E-state index in [1.165, 1.54) is 11.6 Å². The molecule has 3 nitrogen and oxygen atoms in total. The Hall–Kier alpha value is -2.29. The predicted molar refractivity (Wildman–Crippen MR) is 80.1 cm³/mol. The van der Waals surface area contributed by atoms with Crippen molar-refractivity contribution in [2.24, 2.45) is 0 Å². The van der Waals surface area contributed by atoms with E-state index in [4.69, 9.17) is 4.42 Å². The van der Waals surface area contributed by atoms with Crippen LogP contribution in [0.3, 0.4) is 0 Å². The number of amides is 1. The number of nitrogens with one attached hydrogen (secondary N) is 1. The normalized spacial score (nSPS) is 11.2. The molecule has 0 spiro atoms. The van der Waals surface area contributed by atoms with Crippen LogP contribution in [-0.2, 0) is 11.3 Å². The molecule has 3 heteroatoms. The Labute approximate surface area is 119 Å². The SMILES string of the molecule is CC(C)c1ccc(/C=C/C(=O)NCc2ccco2)cc1. The number of hydrogen-bond acceptors (Lipinski definition) is 2. The molecule has 1 N–H and O–H groups in total. The van der Waals surface area contributed by atoms with Crippen molar-refractivity contribution >= 4 is 12.0 Å².